The van der Waals surface area contributed by atoms with Crippen LogP contribution in [0.3, 0.4) is 0 Å². The third-order valence-corrected chi connectivity index (χ3v) is 5.25. The molecule has 0 aliphatic heterocycles. The molecule has 26 heavy (non-hydrogen) atoms. The summed E-state index contributed by atoms with van der Waals surface area (Å²) in [5, 5.41) is 0. The van der Waals surface area contributed by atoms with Gasteiger partial charge in [0.05, 0.1) is 11.2 Å². The van der Waals surface area contributed by atoms with Crippen molar-refractivity contribution >= 4 is 16.7 Å². The predicted molar refractivity (Wildman–Crippen MR) is 102 cm³/mol. The number of fused-ring (bicyclic) bond motifs is 3. The summed E-state index contributed by atoms with van der Waals surface area (Å²) in [4.78, 5) is 22.5. The highest BCUT2D eigenvalue weighted by Crippen LogP contribution is 2.25. The summed E-state index contributed by atoms with van der Waals surface area (Å²) in [5.41, 5.74) is 3.02. The Morgan fingerprint density at radius 3 is 2.65 bits per heavy atom. The Morgan fingerprint density at radius 2 is 1.96 bits per heavy atom. The molecule has 0 unspecified atom stereocenters. The predicted octanol–water partition coefficient (Wildman–Crippen LogP) is 3.65. The van der Waals surface area contributed by atoms with Crippen molar-refractivity contribution < 1.29 is 4.74 Å². The first-order valence-electron chi connectivity index (χ1n) is 9.72. The molecule has 0 aromatic carbocycles. The second-order valence-corrected chi connectivity index (χ2v) is 7.12. The molecule has 1 aliphatic rings. The monoisotopic (exact) mass is 354 g/mol. The molecule has 0 atom stereocenters. The van der Waals surface area contributed by atoms with Gasteiger partial charge < -0.3 is 9.30 Å². The Labute approximate surface area is 152 Å². The molecule has 3 aromatic rings. The van der Waals surface area contributed by atoms with Gasteiger partial charge in [0.25, 0.3) is 5.56 Å². The van der Waals surface area contributed by atoms with Crippen LogP contribution in [0.15, 0.2) is 16.9 Å². The minimum absolute atomic E-state index is 0.00955. The Kier molecular flexibility index (Phi) is 4.42. The van der Waals surface area contributed by atoms with E-state index in [2.05, 4.69) is 18.8 Å². The molecule has 0 bridgehead atoms. The largest absolute Gasteiger partial charge is 0.474 e. The van der Waals surface area contributed by atoms with E-state index in [9.17, 15) is 4.79 Å². The molecular formula is C20H26N4O2. The lowest BCUT2D eigenvalue weighted by atomic mass is 10.3. The van der Waals surface area contributed by atoms with Gasteiger partial charge in [-0.05, 0) is 45.1 Å². The van der Waals surface area contributed by atoms with Gasteiger partial charge in [0.1, 0.15) is 17.4 Å². The molecule has 0 spiro atoms. The van der Waals surface area contributed by atoms with E-state index in [4.69, 9.17) is 9.72 Å². The average Bonchev–Trinajstić information content (AvgIpc) is 3.26. The molecule has 1 fully saturated rings. The standard InChI is InChI=1S/C20H26N4O2/c1-4-12-23-15-10-11-17(26-14-8-6-7-9-14)22-19(15)24-16(5-2)21-13(3)18(24)20(23)25/h10-11,14H,4-9,12H2,1-3H3. The maximum atomic E-state index is 13.1. The maximum Gasteiger partial charge on any atom is 0.277 e. The number of ether oxygens (including phenoxy) is 1. The molecule has 0 amide bonds. The summed E-state index contributed by atoms with van der Waals surface area (Å²) in [5.74, 6) is 1.51. The molecule has 1 aliphatic carbocycles. The summed E-state index contributed by atoms with van der Waals surface area (Å²) >= 11 is 0. The van der Waals surface area contributed by atoms with E-state index >= 15 is 0 Å². The van der Waals surface area contributed by atoms with Crippen molar-refractivity contribution in [3.63, 3.8) is 0 Å². The highest BCUT2D eigenvalue weighted by molar-refractivity contribution is 5.77. The molecular weight excluding hydrogens is 328 g/mol. The van der Waals surface area contributed by atoms with E-state index in [-0.39, 0.29) is 11.7 Å². The highest BCUT2D eigenvalue weighted by atomic mass is 16.5. The third kappa shape index (κ3) is 2.68. The molecule has 0 saturated heterocycles. The lowest BCUT2D eigenvalue weighted by Gasteiger charge is -2.15. The van der Waals surface area contributed by atoms with E-state index in [1.54, 1.807) is 0 Å². The topological polar surface area (TPSA) is 61.4 Å². The summed E-state index contributed by atoms with van der Waals surface area (Å²) in [6.45, 7) is 6.70. The minimum Gasteiger partial charge on any atom is -0.474 e. The zero-order valence-electron chi connectivity index (χ0n) is 15.8. The van der Waals surface area contributed by atoms with Gasteiger partial charge in [-0.1, -0.05) is 13.8 Å². The van der Waals surface area contributed by atoms with Crippen LogP contribution in [0.1, 0.15) is 57.5 Å². The van der Waals surface area contributed by atoms with Crippen molar-refractivity contribution in [1.29, 1.82) is 0 Å². The number of aromatic nitrogens is 4. The smallest absolute Gasteiger partial charge is 0.277 e. The average molecular weight is 354 g/mol. The van der Waals surface area contributed by atoms with Crippen LogP contribution >= 0.6 is 0 Å². The van der Waals surface area contributed by atoms with Gasteiger partial charge in [-0.25, -0.2) is 4.98 Å². The molecule has 3 aromatic heterocycles. The molecule has 0 N–H and O–H groups in total. The van der Waals surface area contributed by atoms with Crippen molar-refractivity contribution in [2.24, 2.45) is 0 Å². The number of imidazole rings is 1. The van der Waals surface area contributed by atoms with Crippen LogP contribution in [0.5, 0.6) is 5.88 Å². The summed E-state index contributed by atoms with van der Waals surface area (Å²) in [6.07, 6.45) is 6.52. The van der Waals surface area contributed by atoms with E-state index in [1.807, 2.05) is 28.0 Å². The van der Waals surface area contributed by atoms with E-state index < -0.39 is 0 Å². The van der Waals surface area contributed by atoms with Crippen LogP contribution in [-0.4, -0.2) is 25.0 Å². The number of aryl methyl sites for hydroxylation is 3. The van der Waals surface area contributed by atoms with Crippen LogP contribution in [0.25, 0.3) is 16.7 Å². The number of nitrogens with zero attached hydrogens (tertiary/aromatic N) is 4. The van der Waals surface area contributed by atoms with Crippen LogP contribution in [-0.2, 0) is 13.0 Å². The summed E-state index contributed by atoms with van der Waals surface area (Å²) in [6, 6.07) is 3.87. The molecule has 6 heteroatoms. The lowest BCUT2D eigenvalue weighted by Crippen LogP contribution is -2.24. The summed E-state index contributed by atoms with van der Waals surface area (Å²) < 4.78 is 9.87. The molecule has 0 radical (unpaired) electrons. The fourth-order valence-electron chi connectivity index (χ4n) is 4.03. The Hall–Kier alpha value is -2.37. The second kappa shape index (κ2) is 6.74. The molecule has 138 valence electrons. The fraction of sp³-hybridized carbons (Fsp3) is 0.550. The molecule has 6 nitrogen and oxygen atoms in total. The SMILES string of the molecule is CCCn1c(=O)c2c(C)nc(CC)n2c2nc(OC3CCCC3)ccc21. The zero-order valence-corrected chi connectivity index (χ0v) is 15.8. The fourth-order valence-corrected chi connectivity index (χ4v) is 4.03. The van der Waals surface area contributed by atoms with Crippen molar-refractivity contribution in [3.05, 3.63) is 34.0 Å². The van der Waals surface area contributed by atoms with Crippen LogP contribution in [0.2, 0.25) is 0 Å². The quantitative estimate of drug-likeness (QED) is 0.702. The van der Waals surface area contributed by atoms with E-state index in [0.29, 0.717) is 17.9 Å². The van der Waals surface area contributed by atoms with Gasteiger partial charge in [0, 0.05) is 19.0 Å². The maximum absolute atomic E-state index is 13.1. The van der Waals surface area contributed by atoms with Gasteiger partial charge in [0.2, 0.25) is 5.88 Å². The van der Waals surface area contributed by atoms with Gasteiger partial charge in [-0.2, -0.15) is 4.98 Å². The van der Waals surface area contributed by atoms with Gasteiger partial charge in [-0.15, -0.1) is 0 Å². The second-order valence-electron chi connectivity index (χ2n) is 7.12. The minimum atomic E-state index is 0.00955. The number of rotatable bonds is 5. The van der Waals surface area contributed by atoms with E-state index in [1.165, 1.54) is 12.8 Å². The number of pyridine rings is 1. The first kappa shape index (κ1) is 17.1. The number of hydrogen-bond donors (Lipinski definition) is 0. The van der Waals surface area contributed by atoms with E-state index in [0.717, 1.165) is 48.4 Å². The van der Waals surface area contributed by atoms with Crippen molar-refractivity contribution in [1.82, 2.24) is 18.9 Å². The number of hydrogen-bond acceptors (Lipinski definition) is 4. The Balaban J connectivity index is 1.98. The van der Waals surface area contributed by atoms with Crippen LogP contribution < -0.4 is 10.3 Å². The lowest BCUT2D eigenvalue weighted by molar-refractivity contribution is 0.202. The van der Waals surface area contributed by atoms with Crippen LogP contribution in [0, 0.1) is 6.92 Å². The molecule has 3 heterocycles. The van der Waals surface area contributed by atoms with Crippen molar-refractivity contribution in [2.45, 2.75) is 71.9 Å². The van der Waals surface area contributed by atoms with Gasteiger partial charge in [0.15, 0.2) is 5.65 Å². The van der Waals surface area contributed by atoms with Crippen LogP contribution in [0.4, 0.5) is 0 Å². The molecule has 4 rings (SSSR count). The first-order chi connectivity index (χ1) is 12.6. The normalized spacial score (nSPS) is 15.3. The highest BCUT2D eigenvalue weighted by Gasteiger charge is 2.20. The zero-order chi connectivity index (χ0) is 18.3. The molecule has 1 saturated carbocycles. The third-order valence-electron chi connectivity index (χ3n) is 5.25. The van der Waals surface area contributed by atoms with Gasteiger partial charge in [-0.3, -0.25) is 9.20 Å². The van der Waals surface area contributed by atoms with Crippen molar-refractivity contribution in [3.8, 4) is 5.88 Å². The van der Waals surface area contributed by atoms with Gasteiger partial charge >= 0.3 is 0 Å². The Bertz CT molecular complexity index is 1010. The summed E-state index contributed by atoms with van der Waals surface area (Å²) in [7, 11) is 0. The first-order valence-corrected chi connectivity index (χ1v) is 9.72. The Morgan fingerprint density at radius 1 is 1.19 bits per heavy atom. The van der Waals surface area contributed by atoms with Crippen molar-refractivity contribution in [2.75, 3.05) is 0 Å².